The number of fused-ring (bicyclic) bond motifs is 2. The second-order valence-corrected chi connectivity index (χ2v) is 11.7. The van der Waals surface area contributed by atoms with Crippen LogP contribution in [0.15, 0.2) is 115 Å². The second-order valence-electron chi connectivity index (χ2n) is 11.7. The number of carbonyl (C=O) groups is 3. The Morgan fingerprint density at radius 3 is 2.30 bits per heavy atom. The van der Waals surface area contributed by atoms with Crippen molar-refractivity contribution in [2.75, 3.05) is 23.0 Å². The number of hydrogen-bond donors (Lipinski definition) is 2. The average Bonchev–Trinajstić information content (AvgIpc) is 3.31. The van der Waals surface area contributed by atoms with Crippen LogP contribution in [-0.4, -0.2) is 46.0 Å². The molecular weight excluding hydrogens is 578 g/mol. The van der Waals surface area contributed by atoms with E-state index in [1.807, 2.05) is 91.0 Å². The van der Waals surface area contributed by atoms with Crippen molar-refractivity contribution >= 4 is 40.5 Å². The molecule has 8 nitrogen and oxygen atoms in total. The van der Waals surface area contributed by atoms with Crippen LogP contribution in [0.4, 0.5) is 22.7 Å². The Balaban J connectivity index is 1.32. The van der Waals surface area contributed by atoms with Gasteiger partial charge in [-0.15, -0.1) is 0 Å². The van der Waals surface area contributed by atoms with Gasteiger partial charge in [0.1, 0.15) is 0 Å². The molecule has 46 heavy (non-hydrogen) atoms. The molecular formula is C38H37N3O5. The fourth-order valence-corrected chi connectivity index (χ4v) is 6.40. The van der Waals surface area contributed by atoms with Gasteiger partial charge in [0, 0.05) is 48.8 Å². The third-order valence-corrected chi connectivity index (χ3v) is 8.84. The van der Waals surface area contributed by atoms with E-state index in [4.69, 9.17) is 0 Å². The predicted molar refractivity (Wildman–Crippen MR) is 178 cm³/mol. The fraction of sp³-hybridized carbons (Fsp3) is 0.237. The van der Waals surface area contributed by atoms with Gasteiger partial charge in [0.05, 0.1) is 18.0 Å². The average molecular weight is 616 g/mol. The number of aliphatic hydroxyl groups excluding tert-OH is 1. The summed E-state index contributed by atoms with van der Waals surface area (Å²) in [7, 11) is 0. The molecule has 2 heterocycles. The van der Waals surface area contributed by atoms with Crippen molar-refractivity contribution in [2.24, 2.45) is 5.92 Å². The zero-order valence-corrected chi connectivity index (χ0v) is 25.8. The number of aliphatic hydroxyl groups is 2. The predicted octanol–water partition coefficient (Wildman–Crippen LogP) is 5.77. The van der Waals surface area contributed by atoms with Crippen molar-refractivity contribution in [1.82, 2.24) is 4.90 Å². The quantitative estimate of drug-likeness (QED) is 0.221. The van der Waals surface area contributed by atoms with Crippen LogP contribution in [0, 0.1) is 5.92 Å². The van der Waals surface area contributed by atoms with Crippen LogP contribution in [0.3, 0.4) is 0 Å². The first-order valence-corrected chi connectivity index (χ1v) is 15.6. The third-order valence-electron chi connectivity index (χ3n) is 8.84. The summed E-state index contributed by atoms with van der Waals surface area (Å²) >= 11 is 0. The van der Waals surface area contributed by atoms with Crippen LogP contribution in [0.25, 0.3) is 0 Å². The van der Waals surface area contributed by atoms with Gasteiger partial charge >= 0.3 is 0 Å². The Labute approximate surface area is 268 Å². The molecule has 234 valence electrons. The molecule has 6 rings (SSSR count). The Morgan fingerprint density at radius 1 is 0.870 bits per heavy atom. The maximum atomic E-state index is 14.2. The minimum Gasteiger partial charge on any atom is -0.395 e. The zero-order valence-electron chi connectivity index (χ0n) is 25.8. The molecule has 8 heteroatoms. The lowest BCUT2D eigenvalue weighted by Crippen LogP contribution is -2.43. The van der Waals surface area contributed by atoms with E-state index < -0.39 is 17.4 Å². The summed E-state index contributed by atoms with van der Waals surface area (Å²) in [6.45, 7) is 2.15. The molecule has 2 atom stereocenters. The smallest absolute Gasteiger partial charge is 0.268 e. The van der Waals surface area contributed by atoms with E-state index >= 15 is 0 Å². The van der Waals surface area contributed by atoms with Gasteiger partial charge in [0.2, 0.25) is 11.8 Å². The van der Waals surface area contributed by atoms with Gasteiger partial charge in [-0.2, -0.15) is 0 Å². The van der Waals surface area contributed by atoms with E-state index in [0.29, 0.717) is 42.0 Å². The van der Waals surface area contributed by atoms with Crippen molar-refractivity contribution in [3.8, 4) is 0 Å². The van der Waals surface area contributed by atoms with Crippen LogP contribution >= 0.6 is 0 Å². The van der Waals surface area contributed by atoms with Gasteiger partial charge < -0.3 is 15.1 Å². The number of anilines is 4. The molecule has 0 unspecified atom stereocenters. The highest BCUT2D eigenvalue weighted by Crippen LogP contribution is 2.50. The topological polar surface area (TPSA) is 101 Å². The summed E-state index contributed by atoms with van der Waals surface area (Å²) in [6, 6.07) is 31.8. The summed E-state index contributed by atoms with van der Waals surface area (Å²) < 4.78 is 0. The maximum absolute atomic E-state index is 14.2. The number of para-hydroxylation sites is 2. The van der Waals surface area contributed by atoms with Crippen LogP contribution in [0.1, 0.15) is 36.5 Å². The summed E-state index contributed by atoms with van der Waals surface area (Å²) in [5.74, 6) is -1.46. The molecule has 4 aromatic carbocycles. The Morgan fingerprint density at radius 2 is 1.57 bits per heavy atom. The monoisotopic (exact) mass is 615 g/mol. The van der Waals surface area contributed by atoms with Crippen LogP contribution in [-0.2, 0) is 33.0 Å². The molecule has 4 aromatic rings. The second kappa shape index (κ2) is 13.1. The highest BCUT2D eigenvalue weighted by Gasteiger charge is 2.53. The van der Waals surface area contributed by atoms with Crippen molar-refractivity contribution in [2.45, 2.75) is 38.3 Å². The van der Waals surface area contributed by atoms with Gasteiger partial charge in [0.25, 0.3) is 5.91 Å². The van der Waals surface area contributed by atoms with Gasteiger partial charge in [-0.25, -0.2) is 0 Å². The highest BCUT2D eigenvalue weighted by molar-refractivity contribution is 6.13. The summed E-state index contributed by atoms with van der Waals surface area (Å²) in [6.07, 6.45) is 4.42. The molecule has 2 aliphatic rings. The number of hydrogen-bond acceptors (Lipinski definition) is 5. The van der Waals surface area contributed by atoms with E-state index in [9.17, 15) is 24.6 Å². The minimum atomic E-state index is -1.96. The van der Waals surface area contributed by atoms with E-state index in [2.05, 4.69) is 0 Å². The third kappa shape index (κ3) is 5.73. The Bertz CT molecular complexity index is 1770. The van der Waals surface area contributed by atoms with Crippen LogP contribution in [0.5, 0.6) is 0 Å². The molecule has 0 spiro atoms. The van der Waals surface area contributed by atoms with E-state index in [-0.39, 0.29) is 31.4 Å². The molecule has 0 saturated carbocycles. The van der Waals surface area contributed by atoms with Crippen molar-refractivity contribution < 1.29 is 24.6 Å². The van der Waals surface area contributed by atoms with E-state index in [0.717, 1.165) is 16.8 Å². The van der Waals surface area contributed by atoms with Gasteiger partial charge in [-0.3, -0.25) is 24.2 Å². The first kappa shape index (κ1) is 31.0. The number of nitrogens with zero attached hydrogens (tertiary/aromatic N) is 3. The molecule has 0 radical (unpaired) electrons. The molecule has 0 aliphatic carbocycles. The minimum absolute atomic E-state index is 0.0375. The van der Waals surface area contributed by atoms with Crippen molar-refractivity contribution in [3.63, 3.8) is 0 Å². The first-order valence-electron chi connectivity index (χ1n) is 15.6. The maximum Gasteiger partial charge on any atom is 0.268 e. The summed E-state index contributed by atoms with van der Waals surface area (Å²) in [4.78, 5) is 45.4. The largest absolute Gasteiger partial charge is 0.395 e. The summed E-state index contributed by atoms with van der Waals surface area (Å²) in [5, 5.41) is 21.9. The molecule has 0 aromatic heterocycles. The molecule has 3 amide bonds. The lowest BCUT2D eigenvalue weighted by atomic mass is 9.82. The molecule has 0 saturated heterocycles. The Kier molecular flexibility index (Phi) is 8.83. The van der Waals surface area contributed by atoms with Crippen molar-refractivity contribution in [3.05, 3.63) is 132 Å². The SMILES string of the molecule is C[C@H](/C=C/CC(=O)N(CCO)Cc1ccccc1)[C@@]1(O)C(=O)N(c2ccccc2)c2ccc(N3C(=O)CCc4ccccc43)cc21. The number of benzene rings is 4. The lowest BCUT2D eigenvalue weighted by molar-refractivity contribution is -0.138. The number of rotatable bonds is 10. The molecule has 2 N–H and O–H groups in total. The number of carbonyl (C=O) groups excluding carboxylic acids is 3. The van der Waals surface area contributed by atoms with Crippen LogP contribution < -0.4 is 9.80 Å². The van der Waals surface area contributed by atoms with Crippen LogP contribution in [0.2, 0.25) is 0 Å². The normalized spacial score (nSPS) is 18.1. The van der Waals surface area contributed by atoms with Gasteiger partial charge in [-0.05, 0) is 53.9 Å². The molecule has 0 fully saturated rings. The van der Waals surface area contributed by atoms with Gasteiger partial charge in [-0.1, -0.05) is 85.8 Å². The van der Waals surface area contributed by atoms with Crippen molar-refractivity contribution in [1.29, 1.82) is 0 Å². The number of amides is 3. The molecule has 2 aliphatic heterocycles. The summed E-state index contributed by atoms with van der Waals surface area (Å²) in [5.41, 5.74) is 2.96. The first-order chi connectivity index (χ1) is 22.3. The highest BCUT2D eigenvalue weighted by atomic mass is 16.3. The fourth-order valence-electron chi connectivity index (χ4n) is 6.40. The molecule has 0 bridgehead atoms. The van der Waals surface area contributed by atoms with E-state index in [1.165, 1.54) is 4.90 Å². The number of aryl methyl sites for hydroxylation is 1. The zero-order chi connectivity index (χ0) is 32.3. The van der Waals surface area contributed by atoms with Gasteiger partial charge in [0.15, 0.2) is 5.60 Å². The lowest BCUT2D eigenvalue weighted by Gasteiger charge is -2.31. The standard InChI is InChI=1S/C38H37N3O5/c1-27(11-10-18-35(43)39(23-24-42)26-28-12-4-2-5-13-28)38(46)32-25-31(40-33-17-9-8-14-29(33)19-22-36(40)44)20-21-34(32)41(37(38)45)30-15-6-3-7-16-30/h2-17,20-21,25,27,42,46H,18-19,22-24,26H2,1H3/b11-10+/t27-,38+/m1/s1. The Hall–Kier alpha value is -5.05. The van der Waals surface area contributed by atoms with E-state index in [1.54, 1.807) is 41.0 Å².